The van der Waals surface area contributed by atoms with Crippen molar-refractivity contribution < 1.29 is 9.90 Å². The number of hydrogen-bond donors (Lipinski definition) is 1. The molecule has 1 aromatic heterocycles. The Labute approximate surface area is 136 Å². The van der Waals surface area contributed by atoms with Gasteiger partial charge < -0.3 is 14.6 Å². The molecule has 0 bridgehead atoms. The molecular weight excluding hydrogens is 290 g/mol. The van der Waals surface area contributed by atoms with Gasteiger partial charge in [0.05, 0.1) is 6.10 Å². The zero-order valence-corrected chi connectivity index (χ0v) is 13.4. The maximum absolute atomic E-state index is 12.6. The lowest BCUT2D eigenvalue weighted by atomic mass is 10.2. The minimum Gasteiger partial charge on any atom is -0.390 e. The third kappa shape index (κ3) is 3.81. The Hall–Kier alpha value is -2.11. The summed E-state index contributed by atoms with van der Waals surface area (Å²) in [6.45, 7) is 3.17. The van der Waals surface area contributed by atoms with Crippen molar-refractivity contribution in [1.82, 2.24) is 14.4 Å². The number of carbonyl (C=O) groups excluding carboxylic acids is 1. The second-order valence-corrected chi connectivity index (χ2v) is 6.13. The van der Waals surface area contributed by atoms with Gasteiger partial charge in [-0.3, -0.25) is 9.69 Å². The van der Waals surface area contributed by atoms with E-state index in [0.717, 1.165) is 13.1 Å². The molecule has 1 aromatic carbocycles. The fourth-order valence-corrected chi connectivity index (χ4v) is 3.07. The number of benzene rings is 1. The molecular formula is C18H23N3O2. The number of nitrogens with zero attached hydrogens (tertiary/aromatic N) is 3. The highest BCUT2D eigenvalue weighted by atomic mass is 16.3. The summed E-state index contributed by atoms with van der Waals surface area (Å²) in [5, 5.41) is 10.3. The van der Waals surface area contributed by atoms with Crippen molar-refractivity contribution >= 4 is 5.91 Å². The smallest absolute Gasteiger partial charge is 0.270 e. The largest absolute Gasteiger partial charge is 0.390 e. The highest BCUT2D eigenvalue weighted by molar-refractivity contribution is 5.92. The van der Waals surface area contributed by atoms with Gasteiger partial charge in [0.15, 0.2) is 0 Å². The molecule has 0 saturated carbocycles. The monoisotopic (exact) mass is 313 g/mol. The zero-order valence-electron chi connectivity index (χ0n) is 13.4. The summed E-state index contributed by atoms with van der Waals surface area (Å²) in [7, 11) is 1.86. The lowest BCUT2D eigenvalue weighted by molar-refractivity contribution is 0.0654. The van der Waals surface area contributed by atoms with Gasteiger partial charge in [-0.1, -0.05) is 30.3 Å². The van der Waals surface area contributed by atoms with Gasteiger partial charge in [-0.25, -0.2) is 0 Å². The normalized spacial score (nSPS) is 19.6. The number of aliphatic hydroxyl groups excluding tert-OH is 1. The van der Waals surface area contributed by atoms with Crippen molar-refractivity contribution in [2.75, 3.05) is 26.2 Å². The van der Waals surface area contributed by atoms with Crippen LogP contribution in [0.1, 0.15) is 16.1 Å². The minimum atomic E-state index is -0.523. The first-order chi connectivity index (χ1) is 11.1. The molecule has 1 saturated heterocycles. The Morgan fingerprint density at radius 3 is 2.61 bits per heavy atom. The summed E-state index contributed by atoms with van der Waals surface area (Å²) >= 11 is 0. The summed E-state index contributed by atoms with van der Waals surface area (Å²) in [6.07, 6.45) is 1.34. The topological polar surface area (TPSA) is 48.7 Å². The zero-order chi connectivity index (χ0) is 16.2. The van der Waals surface area contributed by atoms with E-state index < -0.39 is 6.10 Å². The van der Waals surface area contributed by atoms with E-state index in [1.54, 1.807) is 4.90 Å². The summed E-state index contributed by atoms with van der Waals surface area (Å²) in [5.41, 5.74) is 1.88. The van der Waals surface area contributed by atoms with Gasteiger partial charge in [0, 0.05) is 46.0 Å². The first-order valence-electron chi connectivity index (χ1n) is 7.98. The molecule has 1 unspecified atom stereocenters. The van der Waals surface area contributed by atoms with E-state index in [4.69, 9.17) is 0 Å². The molecule has 3 rings (SSSR count). The predicted octanol–water partition coefficient (Wildman–Crippen LogP) is 1.34. The molecule has 0 radical (unpaired) electrons. The average molecular weight is 313 g/mol. The van der Waals surface area contributed by atoms with Gasteiger partial charge in [0.2, 0.25) is 0 Å². The SMILES string of the molecule is Cn1cccc1C(=O)N1CCN(Cc2ccccc2)CC(O)C1. The van der Waals surface area contributed by atoms with Crippen molar-refractivity contribution in [3.05, 3.63) is 59.9 Å². The molecule has 23 heavy (non-hydrogen) atoms. The first kappa shape index (κ1) is 15.8. The first-order valence-corrected chi connectivity index (χ1v) is 7.98. The summed E-state index contributed by atoms with van der Waals surface area (Å²) < 4.78 is 1.82. The van der Waals surface area contributed by atoms with E-state index in [9.17, 15) is 9.90 Å². The van der Waals surface area contributed by atoms with Crippen molar-refractivity contribution in [3.8, 4) is 0 Å². The molecule has 0 aliphatic carbocycles. The number of carbonyl (C=O) groups is 1. The third-order valence-electron chi connectivity index (χ3n) is 4.29. The van der Waals surface area contributed by atoms with E-state index >= 15 is 0 Å². The van der Waals surface area contributed by atoms with E-state index in [1.165, 1.54) is 5.56 Å². The molecule has 1 aliphatic heterocycles. The Balaban J connectivity index is 1.66. The Morgan fingerprint density at radius 1 is 1.13 bits per heavy atom. The van der Waals surface area contributed by atoms with Crippen LogP contribution >= 0.6 is 0 Å². The maximum Gasteiger partial charge on any atom is 0.270 e. The van der Waals surface area contributed by atoms with Gasteiger partial charge in [0.25, 0.3) is 5.91 Å². The van der Waals surface area contributed by atoms with Crippen molar-refractivity contribution in [2.45, 2.75) is 12.6 Å². The Bertz CT molecular complexity index is 653. The van der Waals surface area contributed by atoms with E-state index in [0.29, 0.717) is 25.3 Å². The second-order valence-electron chi connectivity index (χ2n) is 6.13. The highest BCUT2D eigenvalue weighted by Gasteiger charge is 2.26. The van der Waals surface area contributed by atoms with Gasteiger partial charge in [-0.05, 0) is 17.7 Å². The minimum absolute atomic E-state index is 0.0156. The van der Waals surface area contributed by atoms with Crippen LogP contribution in [0.2, 0.25) is 0 Å². The van der Waals surface area contributed by atoms with Crippen LogP contribution in [0.25, 0.3) is 0 Å². The number of β-amino-alcohol motifs (C(OH)–C–C–N with tert-alkyl or cyclic N) is 1. The van der Waals surface area contributed by atoms with Crippen LogP contribution < -0.4 is 0 Å². The maximum atomic E-state index is 12.6. The lowest BCUT2D eigenvalue weighted by Crippen LogP contribution is -2.38. The van der Waals surface area contributed by atoms with E-state index in [2.05, 4.69) is 17.0 Å². The molecule has 122 valence electrons. The van der Waals surface area contributed by atoms with Crippen LogP contribution in [0.5, 0.6) is 0 Å². The number of hydrogen-bond acceptors (Lipinski definition) is 3. The quantitative estimate of drug-likeness (QED) is 0.930. The molecule has 1 aliphatic rings. The predicted molar refractivity (Wildman–Crippen MR) is 89.0 cm³/mol. The summed E-state index contributed by atoms with van der Waals surface area (Å²) in [6, 6.07) is 13.9. The van der Waals surface area contributed by atoms with Crippen LogP contribution in [-0.2, 0) is 13.6 Å². The van der Waals surface area contributed by atoms with Crippen LogP contribution in [0, 0.1) is 0 Å². The molecule has 1 atom stereocenters. The van der Waals surface area contributed by atoms with Crippen LogP contribution in [0.15, 0.2) is 48.7 Å². The van der Waals surface area contributed by atoms with Gasteiger partial charge in [-0.15, -0.1) is 0 Å². The molecule has 1 amide bonds. The number of rotatable bonds is 3. The van der Waals surface area contributed by atoms with Gasteiger partial charge >= 0.3 is 0 Å². The number of aliphatic hydroxyl groups is 1. The molecule has 2 aromatic rings. The standard InChI is InChI=1S/C18H23N3O2/c1-19-9-5-8-17(19)18(23)21-11-10-20(13-16(22)14-21)12-15-6-3-2-4-7-15/h2-9,16,22H,10-14H2,1H3. The Kier molecular flexibility index (Phi) is 4.79. The fourth-order valence-electron chi connectivity index (χ4n) is 3.07. The van der Waals surface area contributed by atoms with E-state index in [1.807, 2.05) is 48.1 Å². The highest BCUT2D eigenvalue weighted by Crippen LogP contribution is 2.12. The van der Waals surface area contributed by atoms with Crippen molar-refractivity contribution in [2.24, 2.45) is 7.05 Å². The van der Waals surface area contributed by atoms with Crippen LogP contribution in [0.3, 0.4) is 0 Å². The summed E-state index contributed by atoms with van der Waals surface area (Å²) in [5.74, 6) is -0.0156. The lowest BCUT2D eigenvalue weighted by Gasteiger charge is -2.22. The fraction of sp³-hybridized carbons (Fsp3) is 0.389. The molecule has 2 heterocycles. The molecule has 1 fully saturated rings. The van der Waals surface area contributed by atoms with Crippen LogP contribution in [-0.4, -0.2) is 57.7 Å². The van der Waals surface area contributed by atoms with Gasteiger partial charge in [-0.2, -0.15) is 0 Å². The molecule has 5 nitrogen and oxygen atoms in total. The number of aromatic nitrogens is 1. The molecule has 0 spiro atoms. The third-order valence-corrected chi connectivity index (χ3v) is 4.29. The van der Waals surface area contributed by atoms with Crippen LogP contribution in [0.4, 0.5) is 0 Å². The van der Waals surface area contributed by atoms with Crippen molar-refractivity contribution in [3.63, 3.8) is 0 Å². The van der Waals surface area contributed by atoms with Gasteiger partial charge in [0.1, 0.15) is 5.69 Å². The molecule has 5 heteroatoms. The van der Waals surface area contributed by atoms with E-state index in [-0.39, 0.29) is 5.91 Å². The summed E-state index contributed by atoms with van der Waals surface area (Å²) in [4.78, 5) is 16.6. The van der Waals surface area contributed by atoms with Crippen molar-refractivity contribution in [1.29, 1.82) is 0 Å². The number of aryl methyl sites for hydroxylation is 1. The number of amides is 1. The Morgan fingerprint density at radius 2 is 1.91 bits per heavy atom. The molecule has 1 N–H and O–H groups in total. The second kappa shape index (κ2) is 6.98. The average Bonchev–Trinajstić information content (AvgIpc) is 2.88.